The van der Waals surface area contributed by atoms with E-state index >= 15 is 0 Å². The molecular formula is C59H109N10O12PS. The number of hydrogen-bond acceptors (Lipinski definition) is 14. The van der Waals surface area contributed by atoms with Gasteiger partial charge in [-0.1, -0.05) is 104 Å². The molecule has 6 amide bonds. The number of amides is 6. The van der Waals surface area contributed by atoms with Gasteiger partial charge in [0, 0.05) is 43.8 Å². The van der Waals surface area contributed by atoms with E-state index < -0.39 is 73.4 Å². The van der Waals surface area contributed by atoms with Crippen LogP contribution < -0.4 is 32.3 Å². The number of benzene rings is 1. The highest BCUT2D eigenvalue weighted by Gasteiger charge is 2.29. The van der Waals surface area contributed by atoms with Gasteiger partial charge in [0.05, 0.1) is 62.4 Å². The van der Waals surface area contributed by atoms with E-state index in [-0.39, 0.29) is 62.6 Å². The number of carbonyl (C=O) groups excluding carboxylic acids is 6. The van der Waals surface area contributed by atoms with E-state index in [2.05, 4.69) is 110 Å². The lowest BCUT2D eigenvalue weighted by atomic mass is 10.0. The number of carbonyl (C=O) groups is 6. The zero-order valence-electron chi connectivity index (χ0n) is 52.7. The number of nitrogens with one attached hydrogen (secondary N) is 6. The summed E-state index contributed by atoms with van der Waals surface area (Å²) in [6.07, 6.45) is 21.5. The molecule has 2 aromatic rings. The topological polar surface area (TPSA) is 319 Å². The van der Waals surface area contributed by atoms with Crippen molar-refractivity contribution in [2.24, 2.45) is 11.7 Å². The Balaban J connectivity index is -0.000000913. The number of hydrogen-bond donors (Lipinski definition) is 10. The number of nitrogens with zero attached hydrogens (tertiary/aromatic N) is 3. The van der Waals surface area contributed by atoms with Crippen LogP contribution in [0.2, 0.25) is 0 Å². The lowest BCUT2D eigenvalue weighted by Crippen LogP contribution is -2.53. The van der Waals surface area contributed by atoms with Gasteiger partial charge < -0.3 is 66.5 Å². The molecule has 1 aromatic heterocycles. The summed E-state index contributed by atoms with van der Waals surface area (Å²) in [6.45, 7) is 29.4. The Hall–Kier alpha value is -5.18. The molecule has 24 heteroatoms. The van der Waals surface area contributed by atoms with E-state index in [0.717, 1.165) is 6.54 Å². The van der Waals surface area contributed by atoms with Crippen molar-refractivity contribution in [1.82, 2.24) is 41.0 Å². The molecule has 0 aliphatic rings. The van der Waals surface area contributed by atoms with Crippen molar-refractivity contribution in [3.05, 3.63) is 54.1 Å². The highest BCUT2D eigenvalue weighted by Crippen LogP contribution is 2.37. The van der Waals surface area contributed by atoms with Crippen molar-refractivity contribution in [3.8, 4) is 12.8 Å². The number of unbranched alkanes of at least 4 members (excludes halogenated alkanes) is 5. The third-order valence-corrected chi connectivity index (χ3v) is 12.7. The Labute approximate surface area is 504 Å². The second kappa shape index (κ2) is 50.2. The first kappa shape index (κ1) is 84.3. The van der Waals surface area contributed by atoms with Gasteiger partial charge in [-0.2, -0.15) is 12.6 Å². The maximum Gasteiger partial charge on any atom is 0.469 e. The fourth-order valence-electron chi connectivity index (χ4n) is 7.34. The SMILES string of the molecule is C#C.C=N.CC.CC.CCCN(CC(=O)N[C@@H](CC(C)C)C(=O)NCC(=O)N[C@@H](C)C(=O)NC[C@@H](C)OP(=O)(O)O)C(=O)CCOC(C)(C)COC(C)(C)CCNC(=O)[C@@H](N)CS.Cc1cncn1CCCCCCCCc1ccccc1. The van der Waals surface area contributed by atoms with Crippen molar-refractivity contribution in [2.75, 3.05) is 51.7 Å². The van der Waals surface area contributed by atoms with Crippen LogP contribution in [0.3, 0.4) is 0 Å². The lowest BCUT2D eigenvalue weighted by molar-refractivity contribution is -0.142. The van der Waals surface area contributed by atoms with Crippen LogP contribution in [0, 0.1) is 31.1 Å². The average Bonchev–Trinajstić information content (AvgIpc) is 3.87. The zero-order valence-corrected chi connectivity index (χ0v) is 54.5. The normalized spacial score (nSPS) is 12.3. The second-order valence-corrected chi connectivity index (χ2v) is 22.1. The van der Waals surface area contributed by atoms with E-state index in [1.54, 1.807) is 0 Å². The predicted octanol–water partition coefficient (Wildman–Crippen LogP) is 7.08. The molecule has 22 nitrogen and oxygen atoms in total. The Morgan fingerprint density at radius 2 is 1.43 bits per heavy atom. The molecule has 0 aliphatic carbocycles. The van der Waals surface area contributed by atoms with Crippen molar-refractivity contribution in [1.29, 1.82) is 5.41 Å². The van der Waals surface area contributed by atoms with Crippen LogP contribution in [-0.4, -0.2) is 154 Å². The predicted molar refractivity (Wildman–Crippen MR) is 336 cm³/mol. The number of thiol groups is 1. The number of phosphoric ester groups is 1. The molecule has 4 atom stereocenters. The van der Waals surface area contributed by atoms with Crippen molar-refractivity contribution in [2.45, 2.75) is 210 Å². The highest BCUT2D eigenvalue weighted by atomic mass is 32.1. The van der Waals surface area contributed by atoms with Crippen LogP contribution in [0.5, 0.6) is 0 Å². The molecule has 83 heavy (non-hydrogen) atoms. The second-order valence-electron chi connectivity index (χ2n) is 20.5. The maximum absolute atomic E-state index is 13.2. The van der Waals surface area contributed by atoms with Gasteiger partial charge in [-0.15, -0.1) is 12.8 Å². The molecule has 0 saturated carbocycles. The van der Waals surface area contributed by atoms with Gasteiger partial charge in [-0.05, 0) is 105 Å². The number of imidazole rings is 1. The number of ether oxygens (including phenoxy) is 2. The molecule has 1 aromatic carbocycles. The summed E-state index contributed by atoms with van der Waals surface area (Å²) in [7, 11) is -4.73. The van der Waals surface area contributed by atoms with Gasteiger partial charge in [0.1, 0.15) is 12.1 Å². The van der Waals surface area contributed by atoms with Crippen LogP contribution in [-0.2, 0) is 60.3 Å². The fourth-order valence-corrected chi connectivity index (χ4v) is 8.05. The molecule has 0 fully saturated rings. The summed E-state index contributed by atoms with van der Waals surface area (Å²) in [5.41, 5.74) is 7.10. The third kappa shape index (κ3) is 45.9. The molecule has 2 rings (SSSR count). The zero-order chi connectivity index (χ0) is 64.6. The highest BCUT2D eigenvalue weighted by molar-refractivity contribution is 7.80. The molecule has 1 heterocycles. The summed E-state index contributed by atoms with van der Waals surface area (Å²) in [6, 6.07) is 8.08. The number of rotatable bonds is 37. The van der Waals surface area contributed by atoms with E-state index in [1.165, 1.54) is 75.0 Å². The summed E-state index contributed by atoms with van der Waals surface area (Å²) < 4.78 is 29.6. The first-order chi connectivity index (χ1) is 39.2. The standard InChI is InChI=1S/C34H66N7O12PS.C18H26N2.2C2H6.C2H2.CH3N/c1-10-14-41(29(44)11-15-51-34(8,9)21-52-33(6,7)12-13-36-31(46)25(35)20-55)19-28(43)40-26(16-22(2)3)32(47)38-18-27(42)39-24(5)30(45)37-17-23(4)53-54(48,49)50;1-17-15-19-16-20(17)14-10-5-3-2-4-7-11-18-12-8-6-9-13-18;4*1-2/h22-26,55H,10-21,35H2,1-9H3,(H,36,46)(H,37,45)(H,38,47)(H,39,42)(H,40,43)(H2,48,49,50);6,8-9,12-13,15-16H,2-5,7,10-11,14H2,1H3;2*1-2H3;1-2H;2H,1H2/t23-,24+,25+,26+;;;;;/m1...../s1. The molecule has 0 unspecified atom stereocenters. The minimum absolute atomic E-state index is 0.000793. The van der Waals surface area contributed by atoms with Gasteiger partial charge in [0.15, 0.2) is 0 Å². The monoisotopic (exact) mass is 1210 g/mol. The van der Waals surface area contributed by atoms with Crippen molar-refractivity contribution < 1.29 is 57.1 Å². The quantitative estimate of drug-likeness (QED) is 0.0106. The van der Waals surface area contributed by atoms with Gasteiger partial charge in [-0.25, -0.2) is 9.55 Å². The van der Waals surface area contributed by atoms with Gasteiger partial charge in [0.2, 0.25) is 35.4 Å². The summed E-state index contributed by atoms with van der Waals surface area (Å²) in [4.78, 5) is 99.2. The van der Waals surface area contributed by atoms with Crippen molar-refractivity contribution in [3.63, 3.8) is 0 Å². The van der Waals surface area contributed by atoms with Gasteiger partial charge >= 0.3 is 7.82 Å². The number of nitrogens with two attached hydrogens (primary N) is 1. The molecule has 0 spiro atoms. The fraction of sp³-hybridized carbons (Fsp3) is 0.695. The first-order valence-electron chi connectivity index (χ1n) is 28.9. The number of aromatic nitrogens is 2. The van der Waals surface area contributed by atoms with E-state index in [4.69, 9.17) is 30.4 Å². The number of phosphoric acid groups is 1. The number of aryl methyl sites for hydroxylation is 3. The summed E-state index contributed by atoms with van der Waals surface area (Å²) >= 11 is 4.03. The minimum atomic E-state index is -4.73. The Morgan fingerprint density at radius 1 is 0.843 bits per heavy atom. The average molecular weight is 1210 g/mol. The van der Waals surface area contributed by atoms with E-state index in [0.29, 0.717) is 25.9 Å². The van der Waals surface area contributed by atoms with Crippen LogP contribution in [0.4, 0.5) is 0 Å². The maximum atomic E-state index is 13.2. The third-order valence-electron chi connectivity index (χ3n) is 11.7. The van der Waals surface area contributed by atoms with Crippen LogP contribution in [0.1, 0.15) is 165 Å². The first-order valence-corrected chi connectivity index (χ1v) is 31.1. The largest absolute Gasteiger partial charge is 0.469 e. The molecular weight excluding hydrogens is 1100 g/mol. The van der Waals surface area contributed by atoms with Crippen LogP contribution >= 0.6 is 20.5 Å². The summed E-state index contributed by atoms with van der Waals surface area (Å²) in [5, 5.41) is 18.2. The van der Waals surface area contributed by atoms with Gasteiger partial charge in [0.25, 0.3) is 0 Å². The van der Waals surface area contributed by atoms with Crippen molar-refractivity contribution >= 4 is 62.6 Å². The number of terminal acetylenes is 1. The van der Waals surface area contributed by atoms with Crippen LogP contribution in [0.15, 0.2) is 42.9 Å². The Bertz CT molecular complexity index is 2110. The molecule has 0 aliphatic heterocycles. The Morgan fingerprint density at radius 3 is 1.98 bits per heavy atom. The molecule has 0 bridgehead atoms. The Kier molecular flexibility index (Phi) is 50.9. The van der Waals surface area contributed by atoms with E-state index in [1.807, 2.05) is 88.7 Å². The molecule has 0 radical (unpaired) electrons. The lowest BCUT2D eigenvalue weighted by Gasteiger charge is -2.32. The van der Waals surface area contributed by atoms with Crippen LogP contribution in [0.25, 0.3) is 0 Å². The summed E-state index contributed by atoms with van der Waals surface area (Å²) in [5.74, 6) is -2.90. The minimum Gasteiger partial charge on any atom is -0.373 e. The smallest absolute Gasteiger partial charge is 0.373 e. The molecule has 10 N–H and O–H groups in total. The molecule has 0 saturated heterocycles. The molecule has 478 valence electrons. The van der Waals surface area contributed by atoms with E-state index in [9.17, 15) is 33.3 Å². The van der Waals surface area contributed by atoms with Gasteiger partial charge in [-0.3, -0.25) is 33.3 Å².